The van der Waals surface area contributed by atoms with E-state index >= 15 is 0 Å². The Morgan fingerprint density at radius 3 is 2.21 bits per heavy atom. The summed E-state index contributed by atoms with van der Waals surface area (Å²) in [5, 5.41) is 18.4. The summed E-state index contributed by atoms with van der Waals surface area (Å²) in [7, 11) is 0. The van der Waals surface area contributed by atoms with Crippen LogP contribution in [0.1, 0.15) is 41.4 Å². The number of fused-ring (bicyclic) bond motifs is 1. The number of rotatable bonds is 4. The lowest BCUT2D eigenvalue weighted by atomic mass is 10.1. The number of hydrogen-bond acceptors (Lipinski definition) is 6. The van der Waals surface area contributed by atoms with Crippen molar-refractivity contribution in [2.45, 2.75) is 0 Å². The molecule has 0 saturated carbocycles. The van der Waals surface area contributed by atoms with E-state index in [2.05, 4.69) is 4.74 Å². The van der Waals surface area contributed by atoms with E-state index in [1.807, 2.05) is 0 Å². The highest BCUT2D eigenvalue weighted by atomic mass is 16.6. The molecule has 0 unspecified atom stereocenters. The third kappa shape index (κ3) is 2.35. The average molecular weight is 328 g/mol. The Kier molecular flexibility index (Phi) is 3.49. The molecule has 24 heavy (non-hydrogen) atoms. The van der Waals surface area contributed by atoms with Gasteiger partial charge in [0.15, 0.2) is 0 Å². The summed E-state index contributed by atoms with van der Waals surface area (Å²) in [6, 6.07) is 7.80. The molecule has 2 aromatic rings. The number of carbonyl (C=O) groups is 4. The van der Waals surface area contributed by atoms with Crippen LogP contribution >= 0.6 is 0 Å². The molecule has 0 spiro atoms. The highest BCUT2D eigenvalue weighted by Crippen LogP contribution is 2.34. The van der Waals surface area contributed by atoms with Gasteiger partial charge in [-0.15, -0.1) is 0 Å². The summed E-state index contributed by atoms with van der Waals surface area (Å²) in [4.78, 5) is 45.8. The van der Waals surface area contributed by atoms with Crippen molar-refractivity contribution in [2.75, 3.05) is 0 Å². The predicted molar refractivity (Wildman–Crippen MR) is 76.6 cm³/mol. The van der Waals surface area contributed by atoms with Crippen molar-refractivity contribution < 1.29 is 38.9 Å². The third-order valence-electron chi connectivity index (χ3n) is 3.33. The quantitative estimate of drug-likeness (QED) is 0.646. The monoisotopic (exact) mass is 328 g/mol. The van der Waals surface area contributed by atoms with E-state index < -0.39 is 35.0 Å². The Balaban J connectivity index is 2.13. The molecule has 1 aliphatic heterocycles. The van der Waals surface area contributed by atoms with Crippen molar-refractivity contribution >= 4 is 23.9 Å². The Bertz CT molecular complexity index is 912. The number of aromatic carboxylic acids is 2. The maximum Gasteiger partial charge on any atom is 0.350 e. The molecular formula is C16H8O8. The highest BCUT2D eigenvalue weighted by molar-refractivity contribution is 6.16. The second kappa shape index (κ2) is 5.51. The van der Waals surface area contributed by atoms with Gasteiger partial charge in [0.25, 0.3) is 0 Å². The zero-order valence-corrected chi connectivity index (χ0v) is 11.8. The van der Waals surface area contributed by atoms with Crippen LogP contribution in [0, 0.1) is 0 Å². The van der Waals surface area contributed by atoms with E-state index in [1.165, 1.54) is 30.3 Å². The van der Waals surface area contributed by atoms with Gasteiger partial charge in [0.05, 0.1) is 11.1 Å². The first-order chi connectivity index (χ1) is 11.4. The van der Waals surface area contributed by atoms with Crippen LogP contribution in [0.2, 0.25) is 0 Å². The minimum atomic E-state index is -1.51. The molecule has 0 radical (unpaired) electrons. The van der Waals surface area contributed by atoms with E-state index in [9.17, 15) is 24.3 Å². The topological polar surface area (TPSA) is 127 Å². The van der Waals surface area contributed by atoms with Crippen molar-refractivity contribution in [1.29, 1.82) is 0 Å². The van der Waals surface area contributed by atoms with Crippen LogP contribution < -0.4 is 4.74 Å². The van der Waals surface area contributed by atoms with Gasteiger partial charge in [-0.25, -0.2) is 19.2 Å². The molecule has 8 nitrogen and oxygen atoms in total. The lowest BCUT2D eigenvalue weighted by Crippen LogP contribution is -2.10. The van der Waals surface area contributed by atoms with Crippen LogP contribution in [0.3, 0.4) is 0 Å². The second-order valence-electron chi connectivity index (χ2n) is 4.75. The number of ether oxygens (including phenoxy) is 2. The molecule has 2 N–H and O–H groups in total. The summed E-state index contributed by atoms with van der Waals surface area (Å²) in [5.74, 6) is -5.08. The number of esters is 2. The standard InChI is InChI=1S/C16H8O8/c17-13(18)7-3-1-5-9(11(7)14(19)20)23-10-6-2-4-8-12(10)16(22)24-15(8)21/h1-6H,(H,17,18)(H,19,20). The van der Waals surface area contributed by atoms with Crippen molar-refractivity contribution in [3.8, 4) is 11.5 Å². The minimum Gasteiger partial charge on any atom is -0.478 e. The Hall–Kier alpha value is -3.68. The van der Waals surface area contributed by atoms with E-state index in [0.717, 1.165) is 6.07 Å². The summed E-state index contributed by atoms with van der Waals surface area (Å²) in [6.07, 6.45) is 0. The van der Waals surface area contributed by atoms with Gasteiger partial charge in [-0.1, -0.05) is 12.1 Å². The van der Waals surface area contributed by atoms with Gasteiger partial charge >= 0.3 is 23.9 Å². The van der Waals surface area contributed by atoms with Crippen LogP contribution in [0.15, 0.2) is 36.4 Å². The molecule has 0 aromatic heterocycles. The molecule has 0 saturated heterocycles. The summed E-state index contributed by atoms with van der Waals surface area (Å²) < 4.78 is 9.91. The van der Waals surface area contributed by atoms with Crippen LogP contribution in [0.5, 0.6) is 11.5 Å². The summed E-state index contributed by atoms with van der Waals surface area (Å²) in [5.41, 5.74) is -1.19. The van der Waals surface area contributed by atoms with Crippen molar-refractivity contribution in [3.05, 3.63) is 58.7 Å². The van der Waals surface area contributed by atoms with E-state index in [0.29, 0.717) is 0 Å². The number of carboxylic acid groups (broad SMARTS) is 2. The smallest absolute Gasteiger partial charge is 0.350 e. The number of hydrogen-bond donors (Lipinski definition) is 2. The van der Waals surface area contributed by atoms with Gasteiger partial charge in [0.1, 0.15) is 22.6 Å². The maximum absolute atomic E-state index is 11.7. The average Bonchev–Trinajstić information content (AvgIpc) is 2.82. The van der Waals surface area contributed by atoms with Gasteiger partial charge in [0, 0.05) is 0 Å². The van der Waals surface area contributed by atoms with Gasteiger partial charge < -0.3 is 19.7 Å². The Labute approximate surface area is 133 Å². The molecule has 0 aliphatic carbocycles. The van der Waals surface area contributed by atoms with Gasteiger partial charge in [0.2, 0.25) is 0 Å². The molecule has 8 heteroatoms. The number of cyclic esters (lactones) is 2. The highest BCUT2D eigenvalue weighted by Gasteiger charge is 2.33. The first-order valence-corrected chi connectivity index (χ1v) is 6.57. The summed E-state index contributed by atoms with van der Waals surface area (Å²) in [6.45, 7) is 0. The fourth-order valence-corrected chi connectivity index (χ4v) is 2.32. The molecule has 120 valence electrons. The Morgan fingerprint density at radius 1 is 0.875 bits per heavy atom. The van der Waals surface area contributed by atoms with Crippen LogP contribution in [0.25, 0.3) is 0 Å². The lowest BCUT2D eigenvalue weighted by molar-refractivity contribution is 0.0442. The SMILES string of the molecule is O=C(O)c1cccc(Oc2cccc3c2C(=O)OC3=O)c1C(=O)O. The van der Waals surface area contributed by atoms with Crippen molar-refractivity contribution in [3.63, 3.8) is 0 Å². The molecule has 0 bridgehead atoms. The van der Waals surface area contributed by atoms with E-state index in [-0.39, 0.29) is 22.6 Å². The van der Waals surface area contributed by atoms with Gasteiger partial charge in [-0.2, -0.15) is 0 Å². The number of carboxylic acids is 2. The largest absolute Gasteiger partial charge is 0.478 e. The van der Waals surface area contributed by atoms with E-state index in [4.69, 9.17) is 9.84 Å². The van der Waals surface area contributed by atoms with Crippen molar-refractivity contribution in [1.82, 2.24) is 0 Å². The third-order valence-corrected chi connectivity index (χ3v) is 3.33. The zero-order valence-electron chi connectivity index (χ0n) is 11.8. The fraction of sp³-hybridized carbons (Fsp3) is 0. The molecule has 1 heterocycles. The Morgan fingerprint density at radius 2 is 1.54 bits per heavy atom. The molecule has 3 rings (SSSR count). The first-order valence-electron chi connectivity index (χ1n) is 6.57. The molecule has 1 aliphatic rings. The van der Waals surface area contributed by atoms with Gasteiger partial charge in [-0.05, 0) is 24.3 Å². The molecule has 0 amide bonds. The second-order valence-corrected chi connectivity index (χ2v) is 4.75. The van der Waals surface area contributed by atoms with Crippen LogP contribution in [0.4, 0.5) is 0 Å². The normalized spacial score (nSPS) is 12.5. The lowest BCUT2D eigenvalue weighted by Gasteiger charge is -2.12. The minimum absolute atomic E-state index is 0.0104. The number of carbonyl (C=O) groups excluding carboxylic acids is 2. The van der Waals surface area contributed by atoms with E-state index in [1.54, 1.807) is 0 Å². The van der Waals surface area contributed by atoms with Crippen molar-refractivity contribution in [2.24, 2.45) is 0 Å². The predicted octanol–water partition coefficient (Wildman–Crippen LogP) is 2.19. The zero-order chi connectivity index (χ0) is 17.4. The fourth-order valence-electron chi connectivity index (χ4n) is 2.32. The maximum atomic E-state index is 11.7. The first kappa shape index (κ1) is 15.2. The molecular weight excluding hydrogens is 320 g/mol. The van der Waals surface area contributed by atoms with Crippen LogP contribution in [-0.4, -0.2) is 34.1 Å². The molecule has 0 atom stereocenters. The molecule has 0 fully saturated rings. The summed E-state index contributed by atoms with van der Waals surface area (Å²) >= 11 is 0. The van der Waals surface area contributed by atoms with Crippen LogP contribution in [-0.2, 0) is 4.74 Å². The molecule has 2 aromatic carbocycles. The number of benzene rings is 2. The van der Waals surface area contributed by atoms with Gasteiger partial charge in [-0.3, -0.25) is 0 Å².